The first-order valence-electron chi connectivity index (χ1n) is 19.8. The molecule has 314 valence electrons. The Morgan fingerprint density at radius 1 is 1.03 bits per heavy atom. The van der Waals surface area contributed by atoms with Crippen LogP contribution in [0.4, 0.5) is 0 Å². The van der Waals surface area contributed by atoms with Gasteiger partial charge in [0.25, 0.3) is 6.47 Å². The lowest BCUT2D eigenvalue weighted by Crippen LogP contribution is -2.44. The van der Waals surface area contributed by atoms with Crippen molar-refractivity contribution in [3.63, 3.8) is 0 Å². The van der Waals surface area contributed by atoms with Gasteiger partial charge >= 0.3 is 0 Å². The van der Waals surface area contributed by atoms with Gasteiger partial charge in [0.2, 0.25) is 6.41 Å². The van der Waals surface area contributed by atoms with Crippen molar-refractivity contribution in [1.82, 2.24) is 19.9 Å². The molecule has 2 fully saturated rings. The number of aldehydes is 2. The van der Waals surface area contributed by atoms with Gasteiger partial charge in [-0.25, -0.2) is 4.98 Å². The number of thiophene rings is 1. The van der Waals surface area contributed by atoms with Crippen LogP contribution in [0, 0.1) is 11.3 Å². The van der Waals surface area contributed by atoms with Gasteiger partial charge in [0.1, 0.15) is 23.8 Å². The van der Waals surface area contributed by atoms with Crippen molar-refractivity contribution in [2.75, 3.05) is 40.3 Å². The highest BCUT2D eigenvalue weighted by atomic mass is 32.1. The van der Waals surface area contributed by atoms with Gasteiger partial charge in [-0.2, -0.15) is 5.26 Å². The second-order valence-corrected chi connectivity index (χ2v) is 16.5. The monoisotopic (exact) mass is 832 g/mol. The molecule has 2 unspecified atom stereocenters. The lowest BCUT2D eigenvalue weighted by Gasteiger charge is -2.35. The summed E-state index contributed by atoms with van der Waals surface area (Å²) in [5.74, 6) is 1.19. The third-order valence-corrected chi connectivity index (χ3v) is 11.9. The molecule has 2 aromatic heterocycles. The molecule has 58 heavy (non-hydrogen) atoms. The number of unbranched alkanes of at least 4 members (excludes halogenated alkanes) is 2. The lowest BCUT2D eigenvalue weighted by molar-refractivity contribution is -0.128. The maximum absolute atomic E-state index is 10.9. The number of nitrogens with one attached hydrogen (secondary N) is 1. The minimum Gasteiger partial charge on any atom is -0.468 e. The average molecular weight is 833 g/mol. The zero-order valence-corrected chi connectivity index (χ0v) is 36.3. The Labute approximate surface area is 350 Å². The quantitative estimate of drug-likeness (QED) is 0.0599. The molecule has 14 heteroatoms. The van der Waals surface area contributed by atoms with E-state index in [-0.39, 0.29) is 0 Å². The molecule has 4 aromatic rings. The number of likely N-dealkylation sites (tertiary alicyclic amines) is 2. The van der Waals surface area contributed by atoms with Crippen molar-refractivity contribution < 1.29 is 28.4 Å². The van der Waals surface area contributed by atoms with Gasteiger partial charge in [0.05, 0.1) is 11.5 Å². The van der Waals surface area contributed by atoms with Gasteiger partial charge in [0, 0.05) is 54.1 Å². The summed E-state index contributed by atoms with van der Waals surface area (Å²) in [7, 11) is 2.88. The van der Waals surface area contributed by atoms with E-state index in [1.807, 2.05) is 61.5 Å². The number of nitriles is 1. The van der Waals surface area contributed by atoms with Gasteiger partial charge in [-0.3, -0.25) is 19.5 Å². The first-order valence-corrected chi connectivity index (χ1v) is 22.1. The molecule has 0 aliphatic carbocycles. The molecule has 0 radical (unpaired) electrons. The predicted octanol–water partition coefficient (Wildman–Crippen LogP) is 8.10. The van der Waals surface area contributed by atoms with Gasteiger partial charge in [-0.15, -0.1) is 11.3 Å². The zero-order valence-electron chi connectivity index (χ0n) is 34.6. The average Bonchev–Trinajstić information content (AvgIpc) is 3.85. The molecule has 2 saturated heterocycles. The summed E-state index contributed by atoms with van der Waals surface area (Å²) in [6.45, 7) is 9.90. The SMILES string of the molecule is CC(C)NP(Cc1ccc2sc(C=O)cc2c1)Oc1ccccc1.CCCOC=O.CN.CN1CCCC1CCCCC=O.N#Cc1cccc(C2CN(C=O)C2)n1. The summed E-state index contributed by atoms with van der Waals surface area (Å²) >= 11 is 1.53. The number of pyridine rings is 1. The molecular formula is C44H61N6O6PS. The molecular weight excluding hydrogens is 772 g/mol. The van der Waals surface area contributed by atoms with Crippen LogP contribution < -0.4 is 15.3 Å². The van der Waals surface area contributed by atoms with Crippen molar-refractivity contribution >= 4 is 55.2 Å². The summed E-state index contributed by atoms with van der Waals surface area (Å²) in [4.78, 5) is 49.8. The lowest BCUT2D eigenvalue weighted by atomic mass is 9.96. The summed E-state index contributed by atoms with van der Waals surface area (Å²) in [6.07, 6.45) is 11.5. The number of carbonyl (C=O) groups is 4. The van der Waals surface area contributed by atoms with Crippen LogP contribution in [-0.4, -0.2) is 92.7 Å². The Morgan fingerprint density at radius 2 is 1.79 bits per heavy atom. The highest BCUT2D eigenvalue weighted by Crippen LogP contribution is 2.39. The predicted molar refractivity (Wildman–Crippen MR) is 235 cm³/mol. The number of hydrogen-bond donors (Lipinski definition) is 2. The molecule has 6 rings (SSSR count). The zero-order chi connectivity index (χ0) is 42.5. The fourth-order valence-corrected chi connectivity index (χ4v) is 8.63. The van der Waals surface area contributed by atoms with Crippen LogP contribution in [0.1, 0.15) is 98.3 Å². The molecule has 4 heterocycles. The van der Waals surface area contributed by atoms with E-state index in [0.717, 1.165) is 76.9 Å². The van der Waals surface area contributed by atoms with Crippen molar-refractivity contribution in [1.29, 1.82) is 5.26 Å². The summed E-state index contributed by atoms with van der Waals surface area (Å²) in [6, 6.07) is 26.8. The Bertz CT molecular complexity index is 1800. The van der Waals surface area contributed by atoms with Gasteiger partial charge < -0.3 is 29.6 Å². The van der Waals surface area contributed by atoms with Crippen molar-refractivity contribution in [2.24, 2.45) is 5.73 Å². The number of rotatable bonds is 17. The summed E-state index contributed by atoms with van der Waals surface area (Å²) in [5.41, 5.74) is 7.06. The standard InChI is InChI=1S/C19H20NO2PS.C10H9N3O.C10H19NO.C4H8O2.CH5N/c1-14(2)20-23(22-17-6-4-3-5-7-17)13-15-8-9-19-16(10-15)11-18(12-21)24-19;11-4-9-2-1-3-10(12-9)8-5-13(6-8)7-14;1-11-8-5-7-10(11)6-3-2-4-9-12;1-2-3-6-4-5;1-2/h3-12,14,20H,13H2,1-2H3;1-3,7-8H,5-6H2;9-10H,2-8H2,1H3;4H,2-3H2,1H3;2H2,1H3. The summed E-state index contributed by atoms with van der Waals surface area (Å²) < 4.78 is 11.6. The number of para-hydroxylation sites is 1. The second kappa shape index (κ2) is 29.6. The molecule has 12 nitrogen and oxygen atoms in total. The minimum absolute atomic E-state index is 0.300. The molecule has 2 atom stereocenters. The van der Waals surface area contributed by atoms with E-state index in [4.69, 9.17) is 9.79 Å². The molecule has 2 aliphatic heterocycles. The van der Waals surface area contributed by atoms with Crippen LogP contribution in [-0.2, 0) is 25.3 Å². The summed E-state index contributed by atoms with van der Waals surface area (Å²) in [5, 5.41) is 13.3. The molecule has 0 saturated carbocycles. The number of hydrogen-bond acceptors (Lipinski definition) is 12. The minimum atomic E-state index is -0.821. The van der Waals surface area contributed by atoms with E-state index in [1.54, 1.807) is 11.0 Å². The van der Waals surface area contributed by atoms with Gasteiger partial charge in [-0.1, -0.05) is 43.7 Å². The first kappa shape index (κ1) is 49.6. The second-order valence-electron chi connectivity index (χ2n) is 13.9. The smallest absolute Gasteiger partial charge is 0.293 e. The van der Waals surface area contributed by atoms with Gasteiger partial charge in [0.15, 0.2) is 14.6 Å². The Balaban J connectivity index is 0.000000291. The van der Waals surface area contributed by atoms with Crippen molar-refractivity contribution in [2.45, 2.75) is 89.9 Å². The largest absolute Gasteiger partial charge is 0.468 e. The number of fused-ring (bicyclic) bond motifs is 1. The number of nitrogens with two attached hydrogens (primary N) is 1. The van der Waals surface area contributed by atoms with Crippen molar-refractivity contribution in [3.05, 3.63) is 94.6 Å². The number of carbonyl (C=O) groups excluding carboxylic acids is 4. The highest BCUT2D eigenvalue weighted by molar-refractivity contribution is 7.50. The Hall–Kier alpha value is -4.57. The van der Waals surface area contributed by atoms with E-state index in [1.165, 1.54) is 56.2 Å². The van der Waals surface area contributed by atoms with Crippen LogP contribution in [0.15, 0.2) is 72.8 Å². The first-order chi connectivity index (χ1) is 28.2. The van der Waals surface area contributed by atoms with E-state index >= 15 is 0 Å². The highest BCUT2D eigenvalue weighted by Gasteiger charge is 2.27. The normalized spacial score (nSPS) is 14.9. The number of ether oxygens (including phenoxy) is 1. The Morgan fingerprint density at radius 3 is 2.38 bits per heavy atom. The third kappa shape index (κ3) is 18.8. The molecule has 2 aromatic carbocycles. The molecule has 0 bridgehead atoms. The Kier molecular flexibility index (Phi) is 25.3. The number of aromatic nitrogens is 1. The van der Waals surface area contributed by atoms with Crippen LogP contribution >= 0.6 is 19.6 Å². The third-order valence-electron chi connectivity index (χ3n) is 8.94. The van der Waals surface area contributed by atoms with Crippen LogP contribution in [0.25, 0.3) is 10.1 Å². The number of amides is 1. The molecule has 3 N–H and O–H groups in total. The van der Waals surface area contributed by atoms with Crippen LogP contribution in [0.5, 0.6) is 5.75 Å². The topological polar surface area (TPSA) is 168 Å². The van der Waals surface area contributed by atoms with Crippen LogP contribution in [0.3, 0.4) is 0 Å². The molecule has 0 spiro atoms. The maximum atomic E-state index is 10.9. The van der Waals surface area contributed by atoms with Gasteiger partial charge in [-0.05, 0) is 120 Å². The fourth-order valence-electron chi connectivity index (χ4n) is 6.08. The van der Waals surface area contributed by atoms with E-state index < -0.39 is 8.30 Å². The molecule has 2 aliphatic rings. The molecule has 1 amide bonds. The van der Waals surface area contributed by atoms with Crippen molar-refractivity contribution in [3.8, 4) is 11.8 Å². The van der Waals surface area contributed by atoms with E-state index in [0.29, 0.717) is 43.8 Å². The number of nitrogens with zero attached hydrogens (tertiary/aromatic N) is 4. The van der Waals surface area contributed by atoms with Crippen LogP contribution in [0.2, 0.25) is 0 Å². The van der Waals surface area contributed by atoms with E-state index in [9.17, 15) is 19.2 Å². The number of benzene rings is 2. The maximum Gasteiger partial charge on any atom is 0.293 e. The fraction of sp³-hybridized carbons (Fsp3) is 0.455. The van der Waals surface area contributed by atoms with E-state index in [2.05, 4.69) is 64.5 Å².